The van der Waals surface area contributed by atoms with E-state index < -0.39 is 12.8 Å². The average Bonchev–Trinajstić information content (AvgIpc) is 2.42. The second-order valence-corrected chi connectivity index (χ2v) is 5.23. The Hall–Kier alpha value is -1.07. The maximum absolute atomic E-state index is 12.0. The molecule has 1 aromatic rings. The van der Waals surface area contributed by atoms with E-state index in [0.717, 1.165) is 19.5 Å². The lowest BCUT2D eigenvalue weighted by atomic mass is 9.93. The fraction of sp³-hybridized carbons (Fsp3) is 0.625. The average molecular weight is 303 g/mol. The van der Waals surface area contributed by atoms with Gasteiger partial charge in [-0.2, -0.15) is 13.2 Å². The summed E-state index contributed by atoms with van der Waals surface area (Å²) >= 11 is 0. The highest BCUT2D eigenvalue weighted by molar-refractivity contribution is 5.24. The third-order valence-electron chi connectivity index (χ3n) is 3.30. The Kier molecular flexibility index (Phi) is 7.75. The first-order valence-electron chi connectivity index (χ1n) is 7.34. The van der Waals surface area contributed by atoms with Crippen molar-refractivity contribution in [2.45, 2.75) is 38.8 Å². The van der Waals surface area contributed by atoms with Gasteiger partial charge in [0.2, 0.25) is 0 Å². The Morgan fingerprint density at radius 1 is 1.19 bits per heavy atom. The van der Waals surface area contributed by atoms with Crippen LogP contribution in [0.5, 0.6) is 0 Å². The largest absolute Gasteiger partial charge is 0.411 e. The van der Waals surface area contributed by atoms with Gasteiger partial charge < -0.3 is 10.1 Å². The van der Waals surface area contributed by atoms with E-state index in [1.54, 1.807) is 0 Å². The van der Waals surface area contributed by atoms with Gasteiger partial charge in [-0.05, 0) is 37.8 Å². The van der Waals surface area contributed by atoms with Gasteiger partial charge in [0.1, 0.15) is 6.61 Å². The van der Waals surface area contributed by atoms with Crippen molar-refractivity contribution in [3.63, 3.8) is 0 Å². The van der Waals surface area contributed by atoms with E-state index in [2.05, 4.69) is 34.3 Å². The topological polar surface area (TPSA) is 21.3 Å². The summed E-state index contributed by atoms with van der Waals surface area (Å²) in [6, 6.07) is 8.31. The lowest BCUT2D eigenvalue weighted by Gasteiger charge is -2.18. The highest BCUT2D eigenvalue weighted by atomic mass is 19.4. The van der Waals surface area contributed by atoms with Gasteiger partial charge >= 0.3 is 6.18 Å². The van der Waals surface area contributed by atoms with Crippen molar-refractivity contribution in [1.29, 1.82) is 0 Å². The van der Waals surface area contributed by atoms with Gasteiger partial charge in [0.25, 0.3) is 0 Å². The van der Waals surface area contributed by atoms with Crippen LogP contribution in [0.4, 0.5) is 13.2 Å². The highest BCUT2D eigenvalue weighted by Crippen LogP contribution is 2.22. The standard InChI is InChI=1S/C16H24F3NO/c1-3-20-11-15(14-8-6-13(2)7-9-14)5-4-10-21-12-16(17,18)19/h6-9,15,20H,3-5,10-12H2,1-2H3. The van der Waals surface area contributed by atoms with Crippen molar-refractivity contribution in [3.05, 3.63) is 35.4 Å². The first-order valence-corrected chi connectivity index (χ1v) is 7.34. The van der Waals surface area contributed by atoms with Crippen LogP contribution < -0.4 is 5.32 Å². The van der Waals surface area contributed by atoms with E-state index in [1.165, 1.54) is 11.1 Å². The number of hydrogen-bond donors (Lipinski definition) is 1. The second-order valence-electron chi connectivity index (χ2n) is 5.23. The molecule has 0 radical (unpaired) electrons. The van der Waals surface area contributed by atoms with Crippen molar-refractivity contribution >= 4 is 0 Å². The summed E-state index contributed by atoms with van der Waals surface area (Å²) in [7, 11) is 0. The number of halogens is 3. The van der Waals surface area contributed by atoms with Crippen LogP contribution in [0.25, 0.3) is 0 Å². The molecule has 0 aromatic heterocycles. The Morgan fingerprint density at radius 3 is 2.43 bits per heavy atom. The summed E-state index contributed by atoms with van der Waals surface area (Å²) in [6.07, 6.45) is -2.80. The minimum atomic E-state index is -4.24. The molecule has 0 heterocycles. The Labute approximate surface area is 124 Å². The molecule has 21 heavy (non-hydrogen) atoms. The van der Waals surface area contributed by atoms with Crippen LogP contribution in [0, 0.1) is 6.92 Å². The Balaban J connectivity index is 2.41. The normalized spacial score (nSPS) is 13.4. The fourth-order valence-corrected chi connectivity index (χ4v) is 2.16. The van der Waals surface area contributed by atoms with Crippen molar-refractivity contribution in [2.24, 2.45) is 0 Å². The molecular weight excluding hydrogens is 279 g/mol. The van der Waals surface area contributed by atoms with E-state index in [9.17, 15) is 13.2 Å². The zero-order valence-electron chi connectivity index (χ0n) is 12.7. The van der Waals surface area contributed by atoms with E-state index in [1.807, 2.05) is 13.8 Å². The van der Waals surface area contributed by atoms with Crippen LogP contribution in [0.2, 0.25) is 0 Å². The predicted octanol–water partition coefficient (Wildman–Crippen LogP) is 4.05. The monoisotopic (exact) mass is 303 g/mol. The summed E-state index contributed by atoms with van der Waals surface area (Å²) < 4.78 is 40.6. The number of nitrogens with one attached hydrogen (secondary N) is 1. The molecule has 0 spiro atoms. The maximum atomic E-state index is 12.0. The number of aryl methyl sites for hydroxylation is 1. The fourth-order valence-electron chi connectivity index (χ4n) is 2.16. The lowest BCUT2D eigenvalue weighted by molar-refractivity contribution is -0.174. The number of alkyl halides is 3. The number of benzene rings is 1. The van der Waals surface area contributed by atoms with Crippen LogP contribution >= 0.6 is 0 Å². The number of hydrogen-bond acceptors (Lipinski definition) is 2. The summed E-state index contributed by atoms with van der Waals surface area (Å²) in [5.41, 5.74) is 2.42. The number of ether oxygens (including phenoxy) is 1. The van der Waals surface area contributed by atoms with Gasteiger partial charge in [0.15, 0.2) is 0 Å². The molecule has 0 amide bonds. The highest BCUT2D eigenvalue weighted by Gasteiger charge is 2.27. The van der Waals surface area contributed by atoms with Gasteiger partial charge in [-0.25, -0.2) is 0 Å². The van der Waals surface area contributed by atoms with Gasteiger partial charge in [0, 0.05) is 13.2 Å². The second kappa shape index (κ2) is 9.05. The molecule has 1 rings (SSSR count). The van der Waals surface area contributed by atoms with E-state index >= 15 is 0 Å². The molecule has 1 atom stereocenters. The van der Waals surface area contributed by atoms with Gasteiger partial charge in [0.05, 0.1) is 0 Å². The van der Waals surface area contributed by atoms with E-state index in [4.69, 9.17) is 0 Å². The predicted molar refractivity (Wildman–Crippen MR) is 78.6 cm³/mol. The summed E-state index contributed by atoms with van der Waals surface area (Å²) in [6.45, 7) is 4.78. The van der Waals surface area contributed by atoms with Gasteiger partial charge in [-0.1, -0.05) is 36.8 Å². The van der Waals surface area contributed by atoms with Crippen LogP contribution in [-0.2, 0) is 4.74 Å². The maximum Gasteiger partial charge on any atom is 0.411 e. The third-order valence-corrected chi connectivity index (χ3v) is 3.30. The molecule has 0 saturated heterocycles. The summed E-state index contributed by atoms with van der Waals surface area (Å²) in [5.74, 6) is 0.306. The quantitative estimate of drug-likeness (QED) is 0.695. The van der Waals surface area contributed by atoms with Crippen molar-refractivity contribution < 1.29 is 17.9 Å². The summed E-state index contributed by atoms with van der Waals surface area (Å²) in [5, 5.41) is 3.31. The molecule has 0 aliphatic rings. The zero-order valence-corrected chi connectivity index (χ0v) is 12.7. The molecular formula is C16H24F3NO. The Bertz CT molecular complexity index is 390. The number of rotatable bonds is 9. The lowest BCUT2D eigenvalue weighted by Crippen LogP contribution is -2.22. The van der Waals surface area contributed by atoms with Crippen molar-refractivity contribution in [2.75, 3.05) is 26.3 Å². The zero-order chi connectivity index (χ0) is 15.7. The van der Waals surface area contributed by atoms with E-state index in [0.29, 0.717) is 12.3 Å². The smallest absolute Gasteiger partial charge is 0.372 e. The van der Waals surface area contributed by atoms with Crippen LogP contribution in [0.15, 0.2) is 24.3 Å². The molecule has 0 fully saturated rings. The third kappa shape index (κ3) is 8.07. The first kappa shape index (κ1) is 18.0. The van der Waals surface area contributed by atoms with E-state index in [-0.39, 0.29) is 6.61 Å². The molecule has 0 aliphatic carbocycles. The van der Waals surface area contributed by atoms with Gasteiger partial charge in [-0.3, -0.25) is 0 Å². The molecule has 0 aliphatic heterocycles. The molecule has 0 bridgehead atoms. The van der Waals surface area contributed by atoms with Gasteiger partial charge in [-0.15, -0.1) is 0 Å². The van der Waals surface area contributed by atoms with Crippen LogP contribution in [0.3, 0.4) is 0 Å². The molecule has 0 saturated carbocycles. The molecule has 1 aromatic carbocycles. The van der Waals surface area contributed by atoms with Crippen molar-refractivity contribution in [1.82, 2.24) is 5.32 Å². The minimum Gasteiger partial charge on any atom is -0.372 e. The van der Waals surface area contributed by atoms with Crippen molar-refractivity contribution in [3.8, 4) is 0 Å². The molecule has 5 heteroatoms. The molecule has 120 valence electrons. The first-order chi connectivity index (χ1) is 9.92. The van der Waals surface area contributed by atoms with Crippen LogP contribution in [-0.4, -0.2) is 32.5 Å². The minimum absolute atomic E-state index is 0.147. The molecule has 1 unspecified atom stereocenters. The SMILES string of the molecule is CCNCC(CCCOCC(F)(F)F)c1ccc(C)cc1. The summed E-state index contributed by atoms with van der Waals surface area (Å²) in [4.78, 5) is 0. The molecule has 2 nitrogen and oxygen atoms in total. The van der Waals surface area contributed by atoms with Crippen LogP contribution in [0.1, 0.15) is 36.8 Å². The number of likely N-dealkylation sites (N-methyl/N-ethyl adjacent to an activating group) is 1. The Morgan fingerprint density at radius 2 is 1.86 bits per heavy atom. The molecule has 1 N–H and O–H groups in total.